The Morgan fingerprint density at radius 1 is 1.30 bits per heavy atom. The van der Waals surface area contributed by atoms with Crippen LogP contribution in [0.3, 0.4) is 0 Å². The smallest absolute Gasteiger partial charge is 0.123 e. The maximum Gasteiger partial charge on any atom is 0.123 e. The van der Waals surface area contributed by atoms with Gasteiger partial charge in [-0.3, -0.25) is 4.90 Å². The number of halogens is 1. The first kappa shape index (κ1) is 15.4. The number of rotatable bonds is 4. The van der Waals surface area contributed by atoms with Crippen LogP contribution in [-0.4, -0.2) is 56.1 Å². The molecule has 20 heavy (non-hydrogen) atoms. The highest BCUT2D eigenvalue weighted by molar-refractivity contribution is 5.27. The van der Waals surface area contributed by atoms with E-state index in [1.165, 1.54) is 0 Å². The van der Waals surface area contributed by atoms with Gasteiger partial charge < -0.3 is 10.2 Å². The van der Waals surface area contributed by atoms with E-state index in [2.05, 4.69) is 42.2 Å². The Kier molecular flexibility index (Phi) is 5.13. The molecule has 1 fully saturated rings. The fourth-order valence-electron chi connectivity index (χ4n) is 3.04. The number of hydrogen-bond donors (Lipinski definition) is 1. The molecule has 1 aliphatic heterocycles. The molecule has 1 aromatic rings. The van der Waals surface area contributed by atoms with Gasteiger partial charge in [0.25, 0.3) is 0 Å². The van der Waals surface area contributed by atoms with Gasteiger partial charge in [-0.1, -0.05) is 13.0 Å². The average molecular weight is 279 g/mol. The van der Waals surface area contributed by atoms with Gasteiger partial charge in [-0.15, -0.1) is 0 Å². The first-order valence-corrected chi connectivity index (χ1v) is 7.40. The van der Waals surface area contributed by atoms with Crippen molar-refractivity contribution < 1.29 is 4.39 Å². The number of nitrogens with zero attached hydrogens (tertiary/aromatic N) is 2. The zero-order chi connectivity index (χ0) is 14.7. The molecule has 112 valence electrons. The minimum absolute atomic E-state index is 0.144. The third-order valence-corrected chi connectivity index (χ3v) is 4.13. The highest BCUT2D eigenvalue weighted by Gasteiger charge is 2.30. The molecular formula is C16H26FN3. The summed E-state index contributed by atoms with van der Waals surface area (Å²) in [7, 11) is 4.31. The molecule has 3 nitrogen and oxygen atoms in total. The molecule has 4 heteroatoms. The summed E-state index contributed by atoms with van der Waals surface area (Å²) in [6.45, 7) is 8.08. The van der Waals surface area contributed by atoms with Crippen molar-refractivity contribution in [2.75, 3.05) is 40.3 Å². The van der Waals surface area contributed by atoms with E-state index in [9.17, 15) is 4.39 Å². The first-order valence-electron chi connectivity index (χ1n) is 7.40. The second kappa shape index (κ2) is 6.66. The van der Waals surface area contributed by atoms with Crippen LogP contribution in [-0.2, 0) is 0 Å². The highest BCUT2D eigenvalue weighted by Crippen LogP contribution is 2.25. The Balaban J connectivity index is 2.29. The Morgan fingerprint density at radius 3 is 2.70 bits per heavy atom. The second-order valence-electron chi connectivity index (χ2n) is 5.91. The van der Waals surface area contributed by atoms with Gasteiger partial charge in [-0.25, -0.2) is 4.39 Å². The first-order chi connectivity index (χ1) is 9.51. The highest BCUT2D eigenvalue weighted by atomic mass is 19.1. The number of aryl methyl sites for hydroxylation is 1. The normalized spacial score (nSPS) is 22.9. The lowest BCUT2D eigenvalue weighted by molar-refractivity contribution is 0.0880. The van der Waals surface area contributed by atoms with E-state index < -0.39 is 0 Å². The fourth-order valence-corrected chi connectivity index (χ4v) is 3.04. The average Bonchev–Trinajstić information content (AvgIpc) is 2.38. The van der Waals surface area contributed by atoms with E-state index in [0.29, 0.717) is 6.04 Å². The van der Waals surface area contributed by atoms with Crippen molar-refractivity contribution in [2.45, 2.75) is 25.9 Å². The van der Waals surface area contributed by atoms with Crippen LogP contribution in [0.15, 0.2) is 18.2 Å². The minimum atomic E-state index is -0.144. The third kappa shape index (κ3) is 3.57. The molecule has 2 unspecified atom stereocenters. The predicted octanol–water partition coefficient (Wildman–Crippen LogP) is 2.03. The van der Waals surface area contributed by atoms with Gasteiger partial charge in [-0.2, -0.15) is 0 Å². The quantitative estimate of drug-likeness (QED) is 0.910. The van der Waals surface area contributed by atoms with Crippen molar-refractivity contribution >= 4 is 0 Å². The van der Waals surface area contributed by atoms with E-state index in [1.807, 2.05) is 6.92 Å². The number of likely N-dealkylation sites (N-methyl/N-ethyl adjacent to an activating group) is 3. The van der Waals surface area contributed by atoms with E-state index in [-0.39, 0.29) is 11.9 Å². The van der Waals surface area contributed by atoms with Gasteiger partial charge in [0.15, 0.2) is 0 Å². The second-order valence-corrected chi connectivity index (χ2v) is 5.91. The molecule has 1 aliphatic rings. The standard InChI is InChI=1S/C16H26FN3/c1-5-18-16(13-8-12(2)9-14(17)10-13)15-11-19(3)6-7-20(15)4/h8-10,15-16,18H,5-7,11H2,1-4H3. The Labute approximate surface area is 121 Å². The van der Waals surface area contributed by atoms with Crippen molar-refractivity contribution in [3.05, 3.63) is 35.1 Å². The minimum Gasteiger partial charge on any atom is -0.309 e. The van der Waals surface area contributed by atoms with Crippen LogP contribution in [0, 0.1) is 12.7 Å². The molecule has 0 radical (unpaired) electrons. The van der Waals surface area contributed by atoms with E-state index in [4.69, 9.17) is 0 Å². The number of hydrogen-bond acceptors (Lipinski definition) is 3. The van der Waals surface area contributed by atoms with Crippen LogP contribution in [0.25, 0.3) is 0 Å². The van der Waals surface area contributed by atoms with Crippen LogP contribution in [0.4, 0.5) is 4.39 Å². The van der Waals surface area contributed by atoms with Crippen LogP contribution in [0.5, 0.6) is 0 Å². The van der Waals surface area contributed by atoms with Crippen molar-refractivity contribution in [3.63, 3.8) is 0 Å². The van der Waals surface area contributed by atoms with Crippen molar-refractivity contribution in [3.8, 4) is 0 Å². The molecule has 1 saturated heterocycles. The Morgan fingerprint density at radius 2 is 2.05 bits per heavy atom. The summed E-state index contributed by atoms with van der Waals surface area (Å²) in [5, 5.41) is 3.54. The van der Waals surface area contributed by atoms with Gasteiger partial charge in [0, 0.05) is 31.7 Å². The van der Waals surface area contributed by atoms with Gasteiger partial charge in [0.05, 0.1) is 0 Å². The van der Waals surface area contributed by atoms with Crippen molar-refractivity contribution in [2.24, 2.45) is 0 Å². The lowest BCUT2D eigenvalue weighted by atomic mass is 9.95. The van der Waals surface area contributed by atoms with Crippen molar-refractivity contribution in [1.82, 2.24) is 15.1 Å². The van der Waals surface area contributed by atoms with E-state index >= 15 is 0 Å². The molecule has 0 amide bonds. The molecule has 0 aromatic heterocycles. The van der Waals surface area contributed by atoms with Gasteiger partial charge >= 0.3 is 0 Å². The summed E-state index contributed by atoms with van der Waals surface area (Å²) < 4.78 is 13.7. The van der Waals surface area contributed by atoms with Crippen LogP contribution in [0.2, 0.25) is 0 Å². The summed E-state index contributed by atoms with van der Waals surface area (Å²) in [5.74, 6) is -0.144. The van der Waals surface area contributed by atoms with Gasteiger partial charge in [-0.05, 0) is 50.8 Å². The third-order valence-electron chi connectivity index (χ3n) is 4.13. The maximum absolute atomic E-state index is 13.7. The molecule has 1 N–H and O–H groups in total. The Hall–Kier alpha value is -0.970. The fraction of sp³-hybridized carbons (Fsp3) is 0.625. The zero-order valence-corrected chi connectivity index (χ0v) is 13.0. The SMILES string of the molecule is CCNC(c1cc(C)cc(F)c1)C1CN(C)CCN1C. The van der Waals surface area contributed by atoms with Crippen LogP contribution >= 0.6 is 0 Å². The molecule has 1 aromatic carbocycles. The predicted molar refractivity (Wildman–Crippen MR) is 81.5 cm³/mol. The summed E-state index contributed by atoms with van der Waals surface area (Å²) in [6.07, 6.45) is 0. The Bertz CT molecular complexity index is 429. The maximum atomic E-state index is 13.7. The lowest BCUT2D eigenvalue weighted by Gasteiger charge is -2.42. The summed E-state index contributed by atoms with van der Waals surface area (Å²) in [4.78, 5) is 4.73. The topological polar surface area (TPSA) is 18.5 Å². The molecule has 2 rings (SSSR count). The summed E-state index contributed by atoms with van der Waals surface area (Å²) >= 11 is 0. The van der Waals surface area contributed by atoms with Gasteiger partial charge in [0.1, 0.15) is 5.82 Å². The number of piperazine rings is 1. The molecule has 1 heterocycles. The summed E-state index contributed by atoms with van der Waals surface area (Å²) in [5.41, 5.74) is 2.03. The molecule has 0 aliphatic carbocycles. The monoisotopic (exact) mass is 279 g/mol. The van der Waals surface area contributed by atoms with Crippen LogP contribution in [0.1, 0.15) is 24.1 Å². The van der Waals surface area contributed by atoms with Crippen LogP contribution < -0.4 is 5.32 Å². The molecular weight excluding hydrogens is 253 g/mol. The lowest BCUT2D eigenvalue weighted by Crippen LogP contribution is -2.55. The van der Waals surface area contributed by atoms with Crippen molar-refractivity contribution in [1.29, 1.82) is 0 Å². The molecule has 2 atom stereocenters. The van der Waals surface area contributed by atoms with E-state index in [1.54, 1.807) is 12.1 Å². The molecule has 0 bridgehead atoms. The zero-order valence-electron chi connectivity index (χ0n) is 13.0. The largest absolute Gasteiger partial charge is 0.309 e. The number of benzene rings is 1. The molecule has 0 saturated carbocycles. The molecule has 0 spiro atoms. The number of nitrogens with one attached hydrogen (secondary N) is 1. The summed E-state index contributed by atoms with van der Waals surface area (Å²) in [6, 6.07) is 5.89. The van der Waals surface area contributed by atoms with E-state index in [0.717, 1.165) is 37.3 Å². The van der Waals surface area contributed by atoms with Gasteiger partial charge in [0.2, 0.25) is 0 Å².